The van der Waals surface area contributed by atoms with E-state index in [9.17, 15) is 4.79 Å². The van der Waals surface area contributed by atoms with Gasteiger partial charge in [-0.1, -0.05) is 20.8 Å². The van der Waals surface area contributed by atoms with Gasteiger partial charge in [-0.3, -0.25) is 4.79 Å². The van der Waals surface area contributed by atoms with Gasteiger partial charge in [-0.05, 0) is 34.1 Å². The van der Waals surface area contributed by atoms with E-state index in [1.807, 2.05) is 11.4 Å². The molecule has 4 heteroatoms. The molecular weight excluding hydrogens is 309 g/mol. The Labute approximate surface area is 102 Å². The summed E-state index contributed by atoms with van der Waals surface area (Å²) in [6.45, 7) is 7.01. The zero-order chi connectivity index (χ0) is 10.8. The zero-order valence-electron chi connectivity index (χ0n) is 8.56. The Kier molecular flexibility index (Phi) is 3.94. The highest BCUT2D eigenvalue weighted by molar-refractivity contribution is 14.1. The third-order valence-electron chi connectivity index (χ3n) is 1.61. The van der Waals surface area contributed by atoms with Gasteiger partial charge in [0.1, 0.15) is 0 Å². The van der Waals surface area contributed by atoms with Gasteiger partial charge in [0.25, 0.3) is 5.91 Å². The summed E-state index contributed by atoms with van der Waals surface area (Å²) < 4.78 is 1.14. The van der Waals surface area contributed by atoms with Crippen molar-refractivity contribution < 1.29 is 4.79 Å². The van der Waals surface area contributed by atoms with Crippen LogP contribution in [0.25, 0.3) is 0 Å². The quantitative estimate of drug-likeness (QED) is 0.833. The Morgan fingerprint density at radius 3 is 2.64 bits per heavy atom. The lowest BCUT2D eigenvalue weighted by Crippen LogP contribution is -2.31. The number of hydrogen-bond acceptors (Lipinski definition) is 2. The molecule has 2 nitrogen and oxygen atoms in total. The van der Waals surface area contributed by atoms with Crippen LogP contribution in [0.15, 0.2) is 11.4 Å². The first-order valence-electron chi connectivity index (χ1n) is 4.41. The summed E-state index contributed by atoms with van der Waals surface area (Å²) in [5, 5.41) is 4.81. The molecule has 1 amide bonds. The Hall–Kier alpha value is -0.100. The first-order chi connectivity index (χ1) is 6.38. The van der Waals surface area contributed by atoms with Gasteiger partial charge in [0.15, 0.2) is 0 Å². The summed E-state index contributed by atoms with van der Waals surface area (Å²) >= 11 is 3.81. The summed E-state index contributed by atoms with van der Waals surface area (Å²) in [6.07, 6.45) is 0. The van der Waals surface area contributed by atoms with Crippen molar-refractivity contribution in [3.05, 3.63) is 19.9 Å². The van der Waals surface area contributed by atoms with E-state index < -0.39 is 0 Å². The van der Waals surface area contributed by atoms with Crippen molar-refractivity contribution >= 4 is 39.8 Å². The highest BCUT2D eigenvalue weighted by Gasteiger charge is 2.13. The molecule has 1 N–H and O–H groups in total. The van der Waals surface area contributed by atoms with Gasteiger partial charge in [-0.15, -0.1) is 11.3 Å². The van der Waals surface area contributed by atoms with Gasteiger partial charge >= 0.3 is 0 Å². The van der Waals surface area contributed by atoms with Crippen molar-refractivity contribution in [3.8, 4) is 0 Å². The Morgan fingerprint density at radius 2 is 2.21 bits per heavy atom. The van der Waals surface area contributed by atoms with Crippen molar-refractivity contribution in [1.82, 2.24) is 5.32 Å². The van der Waals surface area contributed by atoms with E-state index in [0.717, 1.165) is 8.45 Å². The average Bonchev–Trinajstić information content (AvgIpc) is 2.46. The van der Waals surface area contributed by atoms with E-state index in [4.69, 9.17) is 0 Å². The highest BCUT2D eigenvalue weighted by Crippen LogP contribution is 2.17. The van der Waals surface area contributed by atoms with Crippen molar-refractivity contribution in [3.63, 3.8) is 0 Å². The van der Waals surface area contributed by atoms with E-state index in [0.29, 0.717) is 6.54 Å². The third-order valence-corrected chi connectivity index (χ3v) is 3.40. The molecule has 0 aliphatic heterocycles. The predicted octanol–water partition coefficient (Wildman–Crippen LogP) is 3.13. The van der Waals surface area contributed by atoms with E-state index in [-0.39, 0.29) is 11.3 Å². The number of thiophene rings is 1. The minimum Gasteiger partial charge on any atom is -0.351 e. The average molecular weight is 323 g/mol. The first-order valence-corrected chi connectivity index (χ1v) is 6.36. The summed E-state index contributed by atoms with van der Waals surface area (Å²) in [7, 11) is 0. The van der Waals surface area contributed by atoms with Crippen LogP contribution in [-0.4, -0.2) is 12.5 Å². The predicted molar refractivity (Wildman–Crippen MR) is 68.8 cm³/mol. The number of hydrogen-bond donors (Lipinski definition) is 1. The van der Waals surface area contributed by atoms with E-state index >= 15 is 0 Å². The Bertz CT molecular complexity index is 327. The van der Waals surface area contributed by atoms with Crippen molar-refractivity contribution in [2.24, 2.45) is 5.41 Å². The molecule has 78 valence electrons. The molecule has 1 heterocycles. The van der Waals surface area contributed by atoms with Crippen LogP contribution in [0.1, 0.15) is 31.1 Å². The van der Waals surface area contributed by atoms with Crippen molar-refractivity contribution in [2.75, 3.05) is 6.54 Å². The fourth-order valence-electron chi connectivity index (χ4n) is 0.877. The van der Waals surface area contributed by atoms with Gasteiger partial charge in [0.05, 0.1) is 8.45 Å². The van der Waals surface area contributed by atoms with Gasteiger partial charge in [0.2, 0.25) is 0 Å². The third kappa shape index (κ3) is 3.96. The maximum atomic E-state index is 11.6. The second-order valence-corrected chi connectivity index (χ2v) is 7.19. The van der Waals surface area contributed by atoms with E-state index in [1.165, 1.54) is 0 Å². The largest absolute Gasteiger partial charge is 0.351 e. The number of amides is 1. The van der Waals surface area contributed by atoms with Gasteiger partial charge in [0, 0.05) is 11.9 Å². The first kappa shape index (κ1) is 12.0. The zero-order valence-corrected chi connectivity index (χ0v) is 11.5. The van der Waals surface area contributed by atoms with Crippen LogP contribution in [0.2, 0.25) is 0 Å². The molecule has 0 aliphatic rings. The van der Waals surface area contributed by atoms with Crippen LogP contribution in [0.3, 0.4) is 0 Å². The summed E-state index contributed by atoms with van der Waals surface area (Å²) in [5.74, 6) is 0.0269. The van der Waals surface area contributed by atoms with Crippen LogP contribution >= 0.6 is 33.9 Å². The maximum Gasteiger partial charge on any atom is 0.252 e. The summed E-state index contributed by atoms with van der Waals surface area (Å²) in [5.41, 5.74) is 0.905. The molecular formula is C10H14INOS. The molecule has 14 heavy (non-hydrogen) atoms. The molecule has 0 bridgehead atoms. The summed E-state index contributed by atoms with van der Waals surface area (Å²) in [4.78, 5) is 11.6. The minimum atomic E-state index is 0.0269. The molecule has 0 atom stereocenters. The number of rotatable bonds is 2. The molecule has 1 aromatic heterocycles. The Morgan fingerprint density at radius 1 is 1.57 bits per heavy atom. The molecule has 0 aliphatic carbocycles. The van der Waals surface area contributed by atoms with Crippen LogP contribution in [0.5, 0.6) is 0 Å². The molecule has 0 radical (unpaired) electrons. The topological polar surface area (TPSA) is 29.1 Å². The number of halogens is 1. The second-order valence-electron chi connectivity index (χ2n) is 4.38. The molecule has 1 aromatic rings. The number of carbonyl (C=O) groups is 1. The summed E-state index contributed by atoms with van der Waals surface area (Å²) in [6, 6.07) is 1.91. The van der Waals surface area contributed by atoms with Crippen molar-refractivity contribution in [1.29, 1.82) is 0 Å². The SMILES string of the molecule is CC(C)(C)CNC(=O)c1csc(I)c1. The van der Waals surface area contributed by atoms with Crippen LogP contribution in [-0.2, 0) is 0 Å². The molecule has 0 saturated carbocycles. The molecule has 0 aromatic carbocycles. The monoisotopic (exact) mass is 323 g/mol. The van der Waals surface area contributed by atoms with Gasteiger partial charge < -0.3 is 5.32 Å². The normalized spacial score (nSPS) is 11.4. The maximum absolute atomic E-state index is 11.6. The minimum absolute atomic E-state index is 0.0269. The molecule has 0 spiro atoms. The molecule has 1 rings (SSSR count). The number of carbonyl (C=O) groups excluding carboxylic acids is 1. The lowest BCUT2D eigenvalue weighted by Gasteiger charge is -2.18. The van der Waals surface area contributed by atoms with E-state index in [1.54, 1.807) is 11.3 Å². The van der Waals surface area contributed by atoms with Gasteiger partial charge in [-0.2, -0.15) is 0 Å². The fraction of sp³-hybridized carbons (Fsp3) is 0.500. The molecule has 0 unspecified atom stereocenters. The molecule has 0 fully saturated rings. The van der Waals surface area contributed by atoms with E-state index in [2.05, 4.69) is 48.7 Å². The lowest BCUT2D eigenvalue weighted by atomic mass is 9.97. The standard InChI is InChI=1S/C10H14INOS/c1-10(2,3)6-12-9(13)7-4-8(11)14-5-7/h4-5H,6H2,1-3H3,(H,12,13). The Balaban J connectivity index is 2.52. The van der Waals surface area contributed by atoms with Crippen LogP contribution in [0.4, 0.5) is 0 Å². The molecule has 0 saturated heterocycles. The number of nitrogens with one attached hydrogen (secondary N) is 1. The fourth-order valence-corrected chi connectivity index (χ4v) is 2.20. The lowest BCUT2D eigenvalue weighted by molar-refractivity contribution is 0.0940. The van der Waals surface area contributed by atoms with Gasteiger partial charge in [-0.25, -0.2) is 0 Å². The second kappa shape index (κ2) is 4.61. The van der Waals surface area contributed by atoms with Crippen molar-refractivity contribution in [2.45, 2.75) is 20.8 Å². The van der Waals surface area contributed by atoms with Crippen LogP contribution < -0.4 is 5.32 Å². The van der Waals surface area contributed by atoms with Crippen LogP contribution in [0, 0.1) is 8.30 Å². The highest BCUT2D eigenvalue weighted by atomic mass is 127. The smallest absolute Gasteiger partial charge is 0.252 e.